The van der Waals surface area contributed by atoms with Gasteiger partial charge < -0.3 is 20.2 Å². The fraction of sp³-hybridized carbons (Fsp3) is 0.364. The maximum atomic E-state index is 11.9. The molecule has 1 aromatic rings. The Hall–Kier alpha value is -1.75. The Morgan fingerprint density at radius 2 is 2.06 bits per heavy atom. The summed E-state index contributed by atoms with van der Waals surface area (Å²) in [5, 5.41) is 27.7. The number of phenols is 2. The number of aliphatic hydroxyl groups is 1. The lowest BCUT2D eigenvalue weighted by Gasteiger charge is -2.15. The third kappa shape index (κ3) is 1.94. The van der Waals surface area contributed by atoms with Crippen molar-refractivity contribution in [2.24, 2.45) is 0 Å². The van der Waals surface area contributed by atoms with Crippen LogP contribution in [-0.4, -0.2) is 45.3 Å². The smallest absolute Gasteiger partial charge is 0.254 e. The van der Waals surface area contributed by atoms with E-state index < -0.39 is 6.10 Å². The van der Waals surface area contributed by atoms with Crippen LogP contribution in [0.3, 0.4) is 0 Å². The summed E-state index contributed by atoms with van der Waals surface area (Å²) in [6.07, 6.45) is 0.116. The normalized spacial score (nSPS) is 20.1. The van der Waals surface area contributed by atoms with E-state index in [1.165, 1.54) is 23.1 Å². The molecule has 1 aliphatic rings. The van der Waals surface area contributed by atoms with E-state index in [0.29, 0.717) is 25.1 Å². The van der Waals surface area contributed by atoms with E-state index in [-0.39, 0.29) is 17.4 Å². The van der Waals surface area contributed by atoms with Crippen LogP contribution in [0.1, 0.15) is 16.8 Å². The molecule has 86 valence electrons. The maximum Gasteiger partial charge on any atom is 0.254 e. The summed E-state index contributed by atoms with van der Waals surface area (Å²) in [5.41, 5.74) is 0.310. The summed E-state index contributed by atoms with van der Waals surface area (Å²) in [6, 6.07) is 3.94. The minimum absolute atomic E-state index is 0.244. The van der Waals surface area contributed by atoms with Gasteiger partial charge in [0.1, 0.15) is 0 Å². The molecule has 1 atom stereocenters. The van der Waals surface area contributed by atoms with E-state index in [1.54, 1.807) is 0 Å². The molecule has 0 unspecified atom stereocenters. The molecule has 1 aromatic carbocycles. The van der Waals surface area contributed by atoms with Crippen molar-refractivity contribution in [2.75, 3.05) is 13.1 Å². The zero-order valence-corrected chi connectivity index (χ0v) is 8.63. The lowest BCUT2D eigenvalue weighted by atomic mass is 10.2. The average molecular weight is 223 g/mol. The molecule has 1 aliphatic heterocycles. The summed E-state index contributed by atoms with van der Waals surface area (Å²) < 4.78 is 0. The summed E-state index contributed by atoms with van der Waals surface area (Å²) in [5.74, 6) is -0.810. The second kappa shape index (κ2) is 4.02. The van der Waals surface area contributed by atoms with E-state index in [0.717, 1.165) is 0 Å². The van der Waals surface area contributed by atoms with Gasteiger partial charge in [-0.1, -0.05) is 0 Å². The van der Waals surface area contributed by atoms with Gasteiger partial charge in [-0.2, -0.15) is 0 Å². The molecular weight excluding hydrogens is 210 g/mol. The fourth-order valence-electron chi connectivity index (χ4n) is 1.77. The monoisotopic (exact) mass is 223 g/mol. The summed E-state index contributed by atoms with van der Waals surface area (Å²) >= 11 is 0. The minimum atomic E-state index is -0.463. The van der Waals surface area contributed by atoms with Gasteiger partial charge in [-0.25, -0.2) is 0 Å². The van der Waals surface area contributed by atoms with E-state index in [4.69, 9.17) is 5.11 Å². The van der Waals surface area contributed by atoms with Crippen LogP contribution in [0.4, 0.5) is 0 Å². The highest BCUT2D eigenvalue weighted by Gasteiger charge is 2.25. The molecule has 0 aromatic heterocycles. The first-order chi connectivity index (χ1) is 7.58. The molecule has 0 aliphatic carbocycles. The Bertz CT molecular complexity index is 418. The first-order valence-corrected chi connectivity index (χ1v) is 5.07. The number of carbonyl (C=O) groups excluding carboxylic acids is 1. The standard InChI is InChI=1S/C11H13NO4/c13-8-3-4-12(6-8)11(16)7-1-2-9(14)10(15)5-7/h1-2,5,8,13-15H,3-4,6H2/t8-/m1/s1. The van der Waals surface area contributed by atoms with E-state index in [1.807, 2.05) is 0 Å². The number of likely N-dealkylation sites (tertiary alicyclic amines) is 1. The zero-order valence-electron chi connectivity index (χ0n) is 8.63. The predicted molar refractivity (Wildman–Crippen MR) is 56.3 cm³/mol. The van der Waals surface area contributed by atoms with Crippen LogP contribution < -0.4 is 0 Å². The van der Waals surface area contributed by atoms with Gasteiger partial charge in [0.2, 0.25) is 0 Å². The number of hydrogen-bond acceptors (Lipinski definition) is 4. The lowest BCUT2D eigenvalue weighted by molar-refractivity contribution is 0.0764. The van der Waals surface area contributed by atoms with Crippen molar-refractivity contribution in [1.29, 1.82) is 0 Å². The molecule has 2 rings (SSSR count). The van der Waals surface area contributed by atoms with E-state index >= 15 is 0 Å². The summed E-state index contributed by atoms with van der Waals surface area (Å²) in [6.45, 7) is 0.835. The van der Waals surface area contributed by atoms with Crippen LogP contribution in [0, 0.1) is 0 Å². The topological polar surface area (TPSA) is 81.0 Å². The number of carbonyl (C=O) groups is 1. The Kier molecular flexibility index (Phi) is 2.70. The molecule has 0 radical (unpaired) electrons. The highest BCUT2D eigenvalue weighted by molar-refractivity contribution is 5.95. The molecule has 1 fully saturated rings. The van der Waals surface area contributed by atoms with Crippen molar-refractivity contribution in [3.8, 4) is 11.5 Å². The third-order valence-electron chi connectivity index (χ3n) is 2.67. The number of rotatable bonds is 1. The van der Waals surface area contributed by atoms with Crippen molar-refractivity contribution < 1.29 is 20.1 Å². The Labute approximate surface area is 92.6 Å². The van der Waals surface area contributed by atoms with E-state index in [2.05, 4.69) is 0 Å². The first-order valence-electron chi connectivity index (χ1n) is 5.07. The first kappa shape index (κ1) is 10.8. The number of β-amino-alcohol motifs (C(OH)–C–C–N with tert-alkyl or cyclic N) is 1. The SMILES string of the molecule is O=C(c1ccc(O)c(O)c1)N1CC[C@@H](O)C1. The van der Waals surface area contributed by atoms with Gasteiger partial charge in [0, 0.05) is 18.7 Å². The van der Waals surface area contributed by atoms with E-state index in [9.17, 15) is 15.0 Å². The maximum absolute atomic E-state index is 11.9. The van der Waals surface area contributed by atoms with Crippen molar-refractivity contribution in [1.82, 2.24) is 4.90 Å². The number of benzene rings is 1. The minimum Gasteiger partial charge on any atom is -0.504 e. The predicted octanol–water partition coefficient (Wildman–Crippen LogP) is 0.305. The summed E-state index contributed by atoms with van der Waals surface area (Å²) in [4.78, 5) is 13.4. The number of phenolic OH excluding ortho intramolecular Hbond substituents is 2. The highest BCUT2D eigenvalue weighted by atomic mass is 16.3. The van der Waals surface area contributed by atoms with Crippen LogP contribution in [-0.2, 0) is 0 Å². The van der Waals surface area contributed by atoms with Crippen LogP contribution in [0.25, 0.3) is 0 Å². The average Bonchev–Trinajstić information content (AvgIpc) is 2.68. The molecule has 5 heteroatoms. The molecule has 0 saturated carbocycles. The fourth-order valence-corrected chi connectivity index (χ4v) is 1.77. The quantitative estimate of drug-likeness (QED) is 0.598. The lowest BCUT2D eigenvalue weighted by Crippen LogP contribution is -2.29. The van der Waals surface area contributed by atoms with Crippen LogP contribution in [0.15, 0.2) is 18.2 Å². The number of aromatic hydroxyl groups is 2. The molecular formula is C11H13NO4. The number of nitrogens with zero attached hydrogens (tertiary/aromatic N) is 1. The molecule has 16 heavy (non-hydrogen) atoms. The molecule has 5 nitrogen and oxygen atoms in total. The largest absolute Gasteiger partial charge is 0.504 e. The van der Waals surface area contributed by atoms with Gasteiger partial charge in [-0.05, 0) is 24.6 Å². The third-order valence-corrected chi connectivity index (χ3v) is 2.67. The number of hydrogen-bond donors (Lipinski definition) is 3. The Morgan fingerprint density at radius 3 is 2.62 bits per heavy atom. The highest BCUT2D eigenvalue weighted by Crippen LogP contribution is 2.26. The van der Waals surface area contributed by atoms with Crippen LogP contribution in [0.5, 0.6) is 11.5 Å². The number of amides is 1. The zero-order chi connectivity index (χ0) is 11.7. The van der Waals surface area contributed by atoms with Gasteiger partial charge in [0.05, 0.1) is 6.10 Å². The second-order valence-corrected chi connectivity index (χ2v) is 3.90. The Morgan fingerprint density at radius 1 is 1.31 bits per heavy atom. The summed E-state index contributed by atoms with van der Waals surface area (Å²) in [7, 11) is 0. The van der Waals surface area contributed by atoms with Crippen molar-refractivity contribution in [3.05, 3.63) is 23.8 Å². The van der Waals surface area contributed by atoms with Crippen molar-refractivity contribution in [2.45, 2.75) is 12.5 Å². The second-order valence-electron chi connectivity index (χ2n) is 3.90. The molecule has 3 N–H and O–H groups in total. The van der Waals surface area contributed by atoms with Gasteiger partial charge in [0.15, 0.2) is 11.5 Å². The molecule has 0 bridgehead atoms. The molecule has 1 heterocycles. The van der Waals surface area contributed by atoms with Crippen molar-refractivity contribution in [3.63, 3.8) is 0 Å². The van der Waals surface area contributed by atoms with Gasteiger partial charge >= 0.3 is 0 Å². The van der Waals surface area contributed by atoms with Gasteiger partial charge in [-0.15, -0.1) is 0 Å². The van der Waals surface area contributed by atoms with Crippen LogP contribution >= 0.6 is 0 Å². The Balaban J connectivity index is 2.18. The van der Waals surface area contributed by atoms with Crippen LogP contribution in [0.2, 0.25) is 0 Å². The van der Waals surface area contributed by atoms with Gasteiger partial charge in [0.25, 0.3) is 5.91 Å². The molecule has 1 amide bonds. The van der Waals surface area contributed by atoms with Gasteiger partial charge in [-0.3, -0.25) is 4.79 Å². The van der Waals surface area contributed by atoms with Crippen molar-refractivity contribution >= 4 is 5.91 Å². The number of aliphatic hydroxyl groups excluding tert-OH is 1. The molecule has 1 saturated heterocycles. The molecule has 0 spiro atoms.